The summed E-state index contributed by atoms with van der Waals surface area (Å²) >= 11 is 5.64. The SMILES string of the molecule is CCCOc1ccc(C(=O)CCCCl)c(OCCC)c1. The van der Waals surface area contributed by atoms with E-state index in [1.165, 1.54) is 0 Å². The first-order valence-corrected chi connectivity index (χ1v) is 7.75. The van der Waals surface area contributed by atoms with Crippen molar-refractivity contribution in [3.8, 4) is 11.5 Å². The van der Waals surface area contributed by atoms with E-state index in [1.807, 2.05) is 13.0 Å². The maximum atomic E-state index is 12.1. The third-order valence-electron chi connectivity index (χ3n) is 2.73. The predicted octanol–water partition coefficient (Wildman–Crippen LogP) is 4.47. The zero-order chi connectivity index (χ0) is 14.8. The molecule has 0 aliphatic rings. The molecule has 1 rings (SSSR count). The molecule has 0 saturated heterocycles. The van der Waals surface area contributed by atoms with Gasteiger partial charge in [0, 0.05) is 18.4 Å². The number of ether oxygens (including phenoxy) is 2. The van der Waals surface area contributed by atoms with Gasteiger partial charge in [-0.05, 0) is 31.4 Å². The van der Waals surface area contributed by atoms with Crippen LogP contribution < -0.4 is 9.47 Å². The van der Waals surface area contributed by atoms with Crippen molar-refractivity contribution >= 4 is 17.4 Å². The molecule has 0 aromatic heterocycles. The Morgan fingerprint density at radius 1 is 1.15 bits per heavy atom. The molecule has 1 aromatic carbocycles. The number of hydrogen-bond acceptors (Lipinski definition) is 3. The number of Topliss-reactive ketones (excluding diaryl/α,β-unsaturated/α-hetero) is 1. The highest BCUT2D eigenvalue weighted by Gasteiger charge is 2.13. The topological polar surface area (TPSA) is 35.5 Å². The van der Waals surface area contributed by atoms with Crippen LogP contribution in [-0.2, 0) is 0 Å². The summed E-state index contributed by atoms with van der Waals surface area (Å²) in [6, 6.07) is 5.41. The molecule has 112 valence electrons. The van der Waals surface area contributed by atoms with Crippen LogP contribution in [0.5, 0.6) is 11.5 Å². The van der Waals surface area contributed by atoms with E-state index in [1.54, 1.807) is 12.1 Å². The summed E-state index contributed by atoms with van der Waals surface area (Å²) in [6.45, 7) is 5.34. The number of carbonyl (C=O) groups excluding carboxylic acids is 1. The Balaban J connectivity index is 2.87. The molecule has 0 aliphatic heterocycles. The van der Waals surface area contributed by atoms with Gasteiger partial charge in [0.2, 0.25) is 0 Å². The number of halogens is 1. The zero-order valence-electron chi connectivity index (χ0n) is 12.3. The second kappa shape index (κ2) is 9.65. The second-order valence-corrected chi connectivity index (χ2v) is 4.95. The third-order valence-corrected chi connectivity index (χ3v) is 2.99. The van der Waals surface area contributed by atoms with Crippen molar-refractivity contribution in [1.82, 2.24) is 0 Å². The average molecular weight is 299 g/mol. The normalized spacial score (nSPS) is 10.3. The van der Waals surface area contributed by atoms with Gasteiger partial charge in [0.1, 0.15) is 11.5 Å². The Morgan fingerprint density at radius 2 is 1.85 bits per heavy atom. The number of alkyl halides is 1. The van der Waals surface area contributed by atoms with Gasteiger partial charge >= 0.3 is 0 Å². The summed E-state index contributed by atoms with van der Waals surface area (Å²) in [4.78, 5) is 12.1. The van der Waals surface area contributed by atoms with Gasteiger partial charge in [-0.15, -0.1) is 11.6 Å². The number of ketones is 1. The Labute approximate surface area is 126 Å². The summed E-state index contributed by atoms with van der Waals surface area (Å²) in [7, 11) is 0. The minimum absolute atomic E-state index is 0.0683. The van der Waals surface area contributed by atoms with Crippen LogP contribution >= 0.6 is 11.6 Å². The van der Waals surface area contributed by atoms with Gasteiger partial charge in [-0.3, -0.25) is 4.79 Å². The van der Waals surface area contributed by atoms with Crippen molar-refractivity contribution in [3.63, 3.8) is 0 Å². The van der Waals surface area contributed by atoms with E-state index in [0.29, 0.717) is 43.2 Å². The lowest BCUT2D eigenvalue weighted by Crippen LogP contribution is -2.06. The van der Waals surface area contributed by atoms with Crippen LogP contribution in [0.1, 0.15) is 49.9 Å². The molecule has 0 atom stereocenters. The number of benzene rings is 1. The lowest BCUT2D eigenvalue weighted by atomic mass is 10.1. The maximum absolute atomic E-state index is 12.1. The van der Waals surface area contributed by atoms with Gasteiger partial charge in [0.25, 0.3) is 0 Å². The molecule has 4 heteroatoms. The number of hydrogen-bond donors (Lipinski definition) is 0. The first kappa shape index (κ1) is 16.8. The van der Waals surface area contributed by atoms with E-state index in [0.717, 1.165) is 18.6 Å². The molecule has 0 N–H and O–H groups in total. The standard InChI is InChI=1S/C16H23ClO3/c1-3-10-19-13-7-8-14(15(18)6-5-9-17)16(12-13)20-11-4-2/h7-8,12H,3-6,9-11H2,1-2H3. The lowest BCUT2D eigenvalue weighted by molar-refractivity contribution is 0.0978. The highest BCUT2D eigenvalue weighted by Crippen LogP contribution is 2.27. The molecule has 0 radical (unpaired) electrons. The molecule has 3 nitrogen and oxygen atoms in total. The van der Waals surface area contributed by atoms with Crippen molar-refractivity contribution in [1.29, 1.82) is 0 Å². The molecule has 1 aromatic rings. The van der Waals surface area contributed by atoms with E-state index in [-0.39, 0.29) is 5.78 Å². The summed E-state index contributed by atoms with van der Waals surface area (Å²) < 4.78 is 11.3. The van der Waals surface area contributed by atoms with Crippen molar-refractivity contribution < 1.29 is 14.3 Å². The molecule has 20 heavy (non-hydrogen) atoms. The van der Waals surface area contributed by atoms with Crippen LogP contribution in [0.4, 0.5) is 0 Å². The van der Waals surface area contributed by atoms with Crippen LogP contribution in [0, 0.1) is 0 Å². The molecule has 0 aliphatic carbocycles. The van der Waals surface area contributed by atoms with Crippen molar-refractivity contribution in [3.05, 3.63) is 23.8 Å². The highest BCUT2D eigenvalue weighted by molar-refractivity contribution is 6.18. The first-order chi connectivity index (χ1) is 9.72. The lowest BCUT2D eigenvalue weighted by Gasteiger charge is -2.12. The van der Waals surface area contributed by atoms with Gasteiger partial charge in [-0.25, -0.2) is 0 Å². The summed E-state index contributed by atoms with van der Waals surface area (Å²) in [5, 5.41) is 0. The monoisotopic (exact) mass is 298 g/mol. The Kier molecular flexibility index (Phi) is 8.12. The second-order valence-electron chi connectivity index (χ2n) is 4.57. The van der Waals surface area contributed by atoms with E-state index in [4.69, 9.17) is 21.1 Å². The zero-order valence-corrected chi connectivity index (χ0v) is 13.0. The number of carbonyl (C=O) groups is 1. The smallest absolute Gasteiger partial charge is 0.166 e. The van der Waals surface area contributed by atoms with Crippen molar-refractivity contribution in [2.24, 2.45) is 0 Å². The predicted molar refractivity (Wildman–Crippen MR) is 82.3 cm³/mol. The van der Waals surface area contributed by atoms with Gasteiger partial charge in [-0.2, -0.15) is 0 Å². The Morgan fingerprint density at radius 3 is 2.50 bits per heavy atom. The van der Waals surface area contributed by atoms with E-state index < -0.39 is 0 Å². The van der Waals surface area contributed by atoms with Crippen LogP contribution in [0.15, 0.2) is 18.2 Å². The largest absolute Gasteiger partial charge is 0.493 e. The van der Waals surface area contributed by atoms with Crippen LogP contribution in [-0.4, -0.2) is 24.9 Å². The van der Waals surface area contributed by atoms with Gasteiger partial charge < -0.3 is 9.47 Å². The van der Waals surface area contributed by atoms with E-state index in [2.05, 4.69) is 6.92 Å². The quantitative estimate of drug-likeness (QED) is 0.472. The molecular weight excluding hydrogens is 276 g/mol. The highest BCUT2D eigenvalue weighted by atomic mass is 35.5. The molecule has 0 amide bonds. The fourth-order valence-electron chi connectivity index (χ4n) is 1.74. The van der Waals surface area contributed by atoms with Gasteiger partial charge in [0.15, 0.2) is 5.78 Å². The fraction of sp³-hybridized carbons (Fsp3) is 0.562. The molecule has 0 fully saturated rings. The minimum Gasteiger partial charge on any atom is -0.493 e. The van der Waals surface area contributed by atoms with Gasteiger partial charge in [0.05, 0.1) is 18.8 Å². The van der Waals surface area contributed by atoms with Crippen molar-refractivity contribution in [2.75, 3.05) is 19.1 Å². The maximum Gasteiger partial charge on any atom is 0.166 e. The molecule has 0 heterocycles. The first-order valence-electron chi connectivity index (χ1n) is 7.21. The fourth-order valence-corrected chi connectivity index (χ4v) is 1.87. The van der Waals surface area contributed by atoms with E-state index in [9.17, 15) is 4.79 Å². The van der Waals surface area contributed by atoms with Crippen molar-refractivity contribution in [2.45, 2.75) is 39.5 Å². The molecule has 0 spiro atoms. The molecule has 0 unspecified atom stereocenters. The van der Waals surface area contributed by atoms with Crippen LogP contribution in [0.25, 0.3) is 0 Å². The van der Waals surface area contributed by atoms with Crippen LogP contribution in [0.3, 0.4) is 0 Å². The number of rotatable bonds is 10. The summed E-state index contributed by atoms with van der Waals surface area (Å²) in [5.41, 5.74) is 0.618. The molecular formula is C16H23ClO3. The van der Waals surface area contributed by atoms with Crippen LogP contribution in [0.2, 0.25) is 0 Å². The third kappa shape index (κ3) is 5.41. The summed E-state index contributed by atoms with van der Waals surface area (Å²) in [5.74, 6) is 1.92. The average Bonchev–Trinajstić information content (AvgIpc) is 2.48. The Bertz CT molecular complexity index is 418. The van der Waals surface area contributed by atoms with Gasteiger partial charge in [-0.1, -0.05) is 13.8 Å². The molecule has 0 bridgehead atoms. The molecule has 0 saturated carbocycles. The Hall–Kier alpha value is -1.22. The minimum atomic E-state index is 0.0683. The van der Waals surface area contributed by atoms with E-state index >= 15 is 0 Å². The summed E-state index contributed by atoms with van der Waals surface area (Å²) in [6.07, 6.45) is 2.97.